The van der Waals surface area contributed by atoms with E-state index in [-0.39, 0.29) is 37.5 Å². The van der Waals surface area contributed by atoms with Crippen molar-refractivity contribution in [3.63, 3.8) is 0 Å². The molecule has 2 heterocycles. The van der Waals surface area contributed by atoms with E-state index < -0.39 is 22.0 Å². The smallest absolute Gasteiger partial charge is 0.353 e. The van der Waals surface area contributed by atoms with E-state index in [0.29, 0.717) is 5.39 Å². The minimum absolute atomic E-state index is 0.182. The van der Waals surface area contributed by atoms with Crippen LogP contribution in [0.1, 0.15) is 5.82 Å². The molecule has 0 amide bonds. The van der Waals surface area contributed by atoms with Gasteiger partial charge in [-0.1, -0.05) is 12.1 Å². The maximum Gasteiger partial charge on any atom is 0.451 e. The fourth-order valence-electron chi connectivity index (χ4n) is 2.66. The van der Waals surface area contributed by atoms with Crippen molar-refractivity contribution in [2.75, 3.05) is 37.3 Å². The fraction of sp³-hybridized carbons (Fsp3) is 0.429. The largest absolute Gasteiger partial charge is 0.451 e. The van der Waals surface area contributed by atoms with Crippen LogP contribution in [0.3, 0.4) is 0 Å². The van der Waals surface area contributed by atoms with Crippen molar-refractivity contribution in [3.8, 4) is 0 Å². The summed E-state index contributed by atoms with van der Waals surface area (Å²) >= 11 is 0. The molecule has 0 aliphatic carbocycles. The summed E-state index contributed by atoms with van der Waals surface area (Å²) in [7, 11) is -3.31. The van der Waals surface area contributed by atoms with Crippen LogP contribution in [0.5, 0.6) is 0 Å². The molecule has 0 atom stereocenters. The Hall–Kier alpha value is -1.94. The lowest BCUT2D eigenvalue weighted by Gasteiger charge is -2.34. The first-order chi connectivity index (χ1) is 11.2. The van der Waals surface area contributed by atoms with Crippen LogP contribution in [0, 0.1) is 0 Å². The highest BCUT2D eigenvalue weighted by molar-refractivity contribution is 7.88. The van der Waals surface area contributed by atoms with E-state index in [4.69, 9.17) is 0 Å². The molecule has 1 aliphatic heterocycles. The van der Waals surface area contributed by atoms with Crippen molar-refractivity contribution in [2.24, 2.45) is 0 Å². The number of anilines is 1. The topological polar surface area (TPSA) is 66.4 Å². The summed E-state index contributed by atoms with van der Waals surface area (Å²) in [5.41, 5.74) is 0.209. The molecule has 1 aromatic carbocycles. The Kier molecular flexibility index (Phi) is 4.12. The Balaban J connectivity index is 2.00. The van der Waals surface area contributed by atoms with E-state index in [0.717, 1.165) is 6.26 Å². The average Bonchev–Trinajstić information content (AvgIpc) is 2.52. The molecule has 24 heavy (non-hydrogen) atoms. The number of aromatic nitrogens is 2. The molecule has 0 unspecified atom stereocenters. The van der Waals surface area contributed by atoms with Crippen LogP contribution in [-0.4, -0.2) is 55.1 Å². The summed E-state index contributed by atoms with van der Waals surface area (Å²) in [6.07, 6.45) is -3.53. The minimum atomic E-state index is -4.65. The molecule has 1 aliphatic rings. The molecule has 3 rings (SSSR count). The van der Waals surface area contributed by atoms with Gasteiger partial charge in [-0.15, -0.1) is 0 Å². The number of nitrogens with zero attached hydrogens (tertiary/aromatic N) is 4. The van der Waals surface area contributed by atoms with Crippen LogP contribution in [0.25, 0.3) is 10.9 Å². The summed E-state index contributed by atoms with van der Waals surface area (Å²) in [6, 6.07) is 6.48. The molecule has 0 saturated carbocycles. The molecule has 2 aromatic rings. The van der Waals surface area contributed by atoms with Gasteiger partial charge in [0.2, 0.25) is 15.8 Å². The lowest BCUT2D eigenvalue weighted by atomic mass is 10.2. The Morgan fingerprint density at radius 1 is 1.04 bits per heavy atom. The van der Waals surface area contributed by atoms with Crippen molar-refractivity contribution in [3.05, 3.63) is 30.1 Å². The maximum absolute atomic E-state index is 13.1. The third-order valence-corrected chi connectivity index (χ3v) is 5.15. The number of halogens is 3. The summed E-state index contributed by atoms with van der Waals surface area (Å²) in [5.74, 6) is -1.01. The third kappa shape index (κ3) is 3.29. The van der Waals surface area contributed by atoms with Crippen LogP contribution in [0.15, 0.2) is 24.3 Å². The predicted octanol–water partition coefficient (Wildman–Crippen LogP) is 1.73. The first kappa shape index (κ1) is 16.9. The van der Waals surface area contributed by atoms with Gasteiger partial charge < -0.3 is 4.90 Å². The monoisotopic (exact) mass is 360 g/mol. The molecule has 130 valence electrons. The van der Waals surface area contributed by atoms with Crippen LogP contribution >= 0.6 is 0 Å². The number of hydrogen-bond donors (Lipinski definition) is 0. The lowest BCUT2D eigenvalue weighted by Crippen LogP contribution is -2.48. The first-order valence-electron chi connectivity index (χ1n) is 7.20. The van der Waals surface area contributed by atoms with Crippen molar-refractivity contribution in [1.82, 2.24) is 14.3 Å². The zero-order chi connectivity index (χ0) is 17.5. The third-order valence-electron chi connectivity index (χ3n) is 3.84. The molecule has 0 spiro atoms. The van der Waals surface area contributed by atoms with Gasteiger partial charge in [0.1, 0.15) is 5.82 Å². The Morgan fingerprint density at radius 3 is 2.25 bits per heavy atom. The van der Waals surface area contributed by atoms with E-state index >= 15 is 0 Å². The molecular weight excluding hydrogens is 345 g/mol. The molecule has 10 heteroatoms. The molecule has 1 saturated heterocycles. The van der Waals surface area contributed by atoms with Crippen molar-refractivity contribution in [1.29, 1.82) is 0 Å². The summed E-state index contributed by atoms with van der Waals surface area (Å²) in [4.78, 5) is 8.96. The number of benzene rings is 1. The second-order valence-electron chi connectivity index (χ2n) is 5.53. The van der Waals surface area contributed by atoms with Gasteiger partial charge in [-0.3, -0.25) is 0 Å². The summed E-state index contributed by atoms with van der Waals surface area (Å²) in [5, 5.41) is 0.512. The van der Waals surface area contributed by atoms with Crippen LogP contribution in [0.4, 0.5) is 19.0 Å². The van der Waals surface area contributed by atoms with Gasteiger partial charge in [0, 0.05) is 31.6 Å². The van der Waals surface area contributed by atoms with Gasteiger partial charge in [0.15, 0.2) is 0 Å². The number of hydrogen-bond acceptors (Lipinski definition) is 5. The first-order valence-corrected chi connectivity index (χ1v) is 9.05. The van der Waals surface area contributed by atoms with E-state index in [1.165, 1.54) is 10.4 Å². The van der Waals surface area contributed by atoms with Gasteiger partial charge in [-0.25, -0.2) is 18.4 Å². The minimum Gasteiger partial charge on any atom is -0.353 e. The normalized spacial score (nSPS) is 17.4. The summed E-state index contributed by atoms with van der Waals surface area (Å²) in [6.45, 7) is 0.952. The predicted molar refractivity (Wildman–Crippen MR) is 83.2 cm³/mol. The highest BCUT2D eigenvalue weighted by Crippen LogP contribution is 2.32. The molecule has 0 bridgehead atoms. The van der Waals surface area contributed by atoms with Crippen molar-refractivity contribution < 1.29 is 21.6 Å². The highest BCUT2D eigenvalue weighted by Gasteiger charge is 2.36. The number of rotatable bonds is 2. The summed E-state index contributed by atoms with van der Waals surface area (Å²) < 4.78 is 63.6. The van der Waals surface area contributed by atoms with Crippen LogP contribution in [-0.2, 0) is 16.2 Å². The number of para-hydroxylation sites is 1. The standard InChI is InChI=1S/C14H15F3N4O2S/c1-24(22,23)21-8-6-20(7-9-21)12-10-4-2-3-5-11(10)18-13(19-12)14(15,16)17/h2-5H,6-9H2,1H3. The van der Waals surface area contributed by atoms with Crippen molar-refractivity contribution >= 4 is 26.7 Å². The van der Waals surface area contributed by atoms with Gasteiger partial charge in [0.25, 0.3) is 0 Å². The Labute approximate surface area is 137 Å². The molecule has 0 radical (unpaired) electrons. The fourth-order valence-corrected chi connectivity index (χ4v) is 3.49. The number of alkyl halides is 3. The second-order valence-corrected chi connectivity index (χ2v) is 7.52. The van der Waals surface area contributed by atoms with Crippen molar-refractivity contribution in [2.45, 2.75) is 6.18 Å². The lowest BCUT2D eigenvalue weighted by molar-refractivity contribution is -0.144. The van der Waals surface area contributed by atoms with E-state index in [2.05, 4.69) is 9.97 Å². The molecular formula is C14H15F3N4O2S. The number of sulfonamides is 1. The zero-order valence-corrected chi connectivity index (χ0v) is 13.6. The van der Waals surface area contributed by atoms with Gasteiger partial charge >= 0.3 is 6.18 Å². The Bertz CT molecular complexity index is 862. The second kappa shape index (κ2) is 5.85. The van der Waals surface area contributed by atoms with E-state index in [9.17, 15) is 21.6 Å². The molecule has 1 fully saturated rings. The maximum atomic E-state index is 13.1. The quantitative estimate of drug-likeness (QED) is 0.816. The van der Waals surface area contributed by atoms with Gasteiger partial charge in [-0.05, 0) is 12.1 Å². The van der Waals surface area contributed by atoms with Crippen LogP contribution < -0.4 is 4.90 Å². The average molecular weight is 360 g/mol. The zero-order valence-electron chi connectivity index (χ0n) is 12.8. The number of fused-ring (bicyclic) bond motifs is 1. The van der Waals surface area contributed by atoms with Gasteiger partial charge in [-0.2, -0.15) is 17.5 Å². The molecule has 0 N–H and O–H groups in total. The van der Waals surface area contributed by atoms with Crippen LogP contribution in [0.2, 0.25) is 0 Å². The highest BCUT2D eigenvalue weighted by atomic mass is 32.2. The molecule has 1 aromatic heterocycles. The van der Waals surface area contributed by atoms with E-state index in [1.807, 2.05) is 0 Å². The van der Waals surface area contributed by atoms with E-state index in [1.54, 1.807) is 23.1 Å². The SMILES string of the molecule is CS(=O)(=O)N1CCN(c2nc(C(F)(F)F)nc3ccccc23)CC1. The Morgan fingerprint density at radius 2 is 1.67 bits per heavy atom. The number of piperazine rings is 1. The molecule has 6 nitrogen and oxygen atoms in total. The van der Waals surface area contributed by atoms with Gasteiger partial charge in [0.05, 0.1) is 11.8 Å².